The topological polar surface area (TPSA) is 140 Å². The first-order valence-corrected chi connectivity index (χ1v) is 10.2. The van der Waals surface area contributed by atoms with E-state index >= 15 is 0 Å². The number of nitrogens with two attached hydrogens (primary N) is 1. The Hall–Kier alpha value is -3.82. The maximum Gasteiger partial charge on any atom is 0.330 e. The molecule has 0 atom stereocenters. The van der Waals surface area contributed by atoms with Crippen LogP contribution in [0.3, 0.4) is 0 Å². The molecule has 4 N–H and O–H groups in total. The third-order valence-electron chi connectivity index (χ3n) is 5.25. The monoisotopic (exact) mass is 439 g/mol. The molecule has 1 fully saturated rings. The molecule has 4 rings (SSSR count). The minimum absolute atomic E-state index is 0.00983. The Balaban J connectivity index is 1.87. The van der Waals surface area contributed by atoms with Crippen molar-refractivity contribution in [2.24, 2.45) is 11.7 Å². The number of carbonyl (C=O) groups excluding carboxylic acids is 2. The van der Waals surface area contributed by atoms with Gasteiger partial charge >= 0.3 is 5.69 Å². The first-order chi connectivity index (χ1) is 15.2. The van der Waals surface area contributed by atoms with Crippen LogP contribution in [0.5, 0.6) is 0 Å². The van der Waals surface area contributed by atoms with E-state index in [1.165, 1.54) is 10.6 Å². The third-order valence-corrected chi connectivity index (χ3v) is 5.25. The lowest BCUT2D eigenvalue weighted by molar-refractivity contribution is 0.0992. The van der Waals surface area contributed by atoms with Gasteiger partial charge in [0.2, 0.25) is 0 Å². The van der Waals surface area contributed by atoms with E-state index in [1.54, 1.807) is 6.07 Å². The Morgan fingerprint density at radius 2 is 1.97 bits per heavy atom. The molecule has 1 aliphatic carbocycles. The van der Waals surface area contributed by atoms with E-state index in [-0.39, 0.29) is 39.7 Å². The Morgan fingerprint density at radius 1 is 1.25 bits per heavy atom. The maximum atomic E-state index is 13.8. The second-order valence-electron chi connectivity index (χ2n) is 8.34. The van der Waals surface area contributed by atoms with Crippen molar-refractivity contribution in [2.75, 3.05) is 5.32 Å². The van der Waals surface area contributed by atoms with E-state index in [0.717, 1.165) is 25.0 Å². The van der Waals surface area contributed by atoms with Crippen molar-refractivity contribution in [3.05, 3.63) is 67.7 Å². The molecular weight excluding hydrogens is 417 g/mol. The number of halogens is 1. The van der Waals surface area contributed by atoms with Gasteiger partial charge in [0, 0.05) is 23.8 Å². The summed E-state index contributed by atoms with van der Waals surface area (Å²) >= 11 is 0. The zero-order chi connectivity index (χ0) is 23.2. The molecule has 0 spiro atoms. The number of carbonyl (C=O) groups is 2. The van der Waals surface area contributed by atoms with Gasteiger partial charge in [0.1, 0.15) is 5.82 Å². The molecule has 1 saturated carbocycles. The number of aromatic amines is 1. The molecule has 9 nitrogen and oxygen atoms in total. The fourth-order valence-electron chi connectivity index (χ4n) is 3.59. The number of rotatable bonds is 6. The summed E-state index contributed by atoms with van der Waals surface area (Å²) < 4.78 is 15.1. The van der Waals surface area contributed by atoms with Crippen molar-refractivity contribution in [3.8, 4) is 0 Å². The SMILES string of the molecule is CC(C)Cn1c(=O)[nH]c(=O)c2c(C(=O)Nc3ccc(F)c(C(N)=O)c3)cc(C3CC3)nc21. The maximum absolute atomic E-state index is 13.8. The molecule has 1 aromatic carbocycles. The molecule has 0 aliphatic heterocycles. The van der Waals surface area contributed by atoms with Gasteiger partial charge in [-0.15, -0.1) is 0 Å². The molecule has 0 unspecified atom stereocenters. The molecule has 32 heavy (non-hydrogen) atoms. The van der Waals surface area contributed by atoms with Crippen LogP contribution in [0.25, 0.3) is 11.0 Å². The number of amides is 2. The summed E-state index contributed by atoms with van der Waals surface area (Å²) in [5, 5.41) is 2.57. The molecule has 10 heteroatoms. The number of nitrogens with one attached hydrogen (secondary N) is 2. The largest absolute Gasteiger partial charge is 0.366 e. The van der Waals surface area contributed by atoms with Crippen LogP contribution in [0, 0.1) is 11.7 Å². The second kappa shape index (κ2) is 8.03. The highest BCUT2D eigenvalue weighted by Gasteiger charge is 2.29. The van der Waals surface area contributed by atoms with Crippen LogP contribution in [-0.4, -0.2) is 26.3 Å². The quantitative estimate of drug-likeness (QED) is 0.540. The van der Waals surface area contributed by atoms with Gasteiger partial charge in [0.05, 0.1) is 16.5 Å². The smallest absolute Gasteiger partial charge is 0.330 e. The number of pyridine rings is 1. The first-order valence-electron chi connectivity index (χ1n) is 10.2. The van der Waals surface area contributed by atoms with Crippen molar-refractivity contribution in [1.29, 1.82) is 0 Å². The van der Waals surface area contributed by atoms with Crippen LogP contribution in [0.1, 0.15) is 59.0 Å². The molecule has 2 amide bonds. The Bertz CT molecular complexity index is 1370. The van der Waals surface area contributed by atoms with Gasteiger partial charge in [0.15, 0.2) is 5.65 Å². The summed E-state index contributed by atoms with van der Waals surface area (Å²) in [6.45, 7) is 4.16. The zero-order valence-corrected chi connectivity index (χ0v) is 17.6. The Morgan fingerprint density at radius 3 is 2.59 bits per heavy atom. The summed E-state index contributed by atoms with van der Waals surface area (Å²) in [4.78, 5) is 56.6. The van der Waals surface area contributed by atoms with Gasteiger partial charge < -0.3 is 11.1 Å². The molecule has 1 aliphatic rings. The number of benzene rings is 1. The van der Waals surface area contributed by atoms with Crippen molar-refractivity contribution in [2.45, 2.75) is 39.2 Å². The van der Waals surface area contributed by atoms with Crippen LogP contribution >= 0.6 is 0 Å². The Kier molecular flexibility index (Phi) is 5.37. The molecule has 0 bridgehead atoms. The molecule has 0 saturated heterocycles. The number of aromatic nitrogens is 3. The highest BCUT2D eigenvalue weighted by Crippen LogP contribution is 2.40. The molecular formula is C22H22FN5O4. The van der Waals surface area contributed by atoms with Gasteiger partial charge in [-0.05, 0) is 43.0 Å². The average Bonchev–Trinajstić information content (AvgIpc) is 3.56. The van der Waals surface area contributed by atoms with E-state index in [9.17, 15) is 23.6 Å². The number of fused-ring (bicyclic) bond motifs is 1. The number of hydrogen-bond donors (Lipinski definition) is 3. The summed E-state index contributed by atoms with van der Waals surface area (Å²) in [6, 6.07) is 4.97. The summed E-state index contributed by atoms with van der Waals surface area (Å²) in [7, 11) is 0. The van der Waals surface area contributed by atoms with E-state index in [2.05, 4.69) is 15.3 Å². The number of H-pyrrole nitrogens is 1. The first kappa shape index (κ1) is 21.4. The fourth-order valence-corrected chi connectivity index (χ4v) is 3.59. The lowest BCUT2D eigenvalue weighted by atomic mass is 10.1. The van der Waals surface area contributed by atoms with Crippen molar-refractivity contribution in [1.82, 2.24) is 14.5 Å². The van der Waals surface area contributed by atoms with Crippen molar-refractivity contribution >= 4 is 28.5 Å². The lowest BCUT2D eigenvalue weighted by Gasteiger charge is -2.15. The normalized spacial score (nSPS) is 13.5. The minimum atomic E-state index is -0.974. The molecule has 0 radical (unpaired) electrons. The van der Waals surface area contributed by atoms with E-state index < -0.39 is 28.9 Å². The van der Waals surface area contributed by atoms with Gasteiger partial charge in [-0.2, -0.15) is 0 Å². The van der Waals surface area contributed by atoms with Crippen LogP contribution < -0.4 is 22.3 Å². The molecule has 2 heterocycles. The standard InChI is InChI=1S/C22H22FN5O4/c1-10(2)9-28-19-17(21(31)27-22(28)32)14(8-16(26-19)11-3-4-11)20(30)25-12-5-6-15(23)13(7-12)18(24)29/h5-8,10-11H,3-4,9H2,1-2H3,(H2,24,29)(H,25,30)(H,27,31,32). The van der Waals surface area contributed by atoms with Gasteiger partial charge in [-0.25, -0.2) is 14.2 Å². The highest BCUT2D eigenvalue weighted by molar-refractivity contribution is 6.12. The highest BCUT2D eigenvalue weighted by atomic mass is 19.1. The van der Waals surface area contributed by atoms with E-state index in [4.69, 9.17) is 5.73 Å². The molecule has 3 aromatic rings. The zero-order valence-electron chi connectivity index (χ0n) is 17.6. The summed E-state index contributed by atoms with van der Waals surface area (Å²) in [5.41, 5.74) is 4.45. The Labute approximate surface area is 181 Å². The number of nitrogens with zero attached hydrogens (tertiary/aromatic N) is 2. The van der Waals surface area contributed by atoms with Crippen LogP contribution in [0.15, 0.2) is 33.9 Å². The van der Waals surface area contributed by atoms with Gasteiger partial charge in [-0.3, -0.25) is 23.9 Å². The summed E-state index contributed by atoms with van der Waals surface area (Å²) in [6.07, 6.45) is 1.80. The predicted molar refractivity (Wildman–Crippen MR) is 116 cm³/mol. The van der Waals surface area contributed by atoms with E-state index in [1.807, 2.05) is 13.8 Å². The second-order valence-corrected chi connectivity index (χ2v) is 8.34. The average molecular weight is 439 g/mol. The van der Waals surface area contributed by atoms with Crippen molar-refractivity contribution < 1.29 is 14.0 Å². The van der Waals surface area contributed by atoms with Crippen LogP contribution in [0.2, 0.25) is 0 Å². The van der Waals surface area contributed by atoms with Crippen LogP contribution in [0.4, 0.5) is 10.1 Å². The lowest BCUT2D eigenvalue weighted by Crippen LogP contribution is -2.33. The number of primary amides is 1. The van der Waals surface area contributed by atoms with Gasteiger partial charge in [0.25, 0.3) is 17.4 Å². The number of hydrogen-bond acceptors (Lipinski definition) is 5. The fraction of sp³-hybridized carbons (Fsp3) is 0.318. The van der Waals surface area contributed by atoms with Crippen LogP contribution in [-0.2, 0) is 6.54 Å². The third kappa shape index (κ3) is 4.03. The predicted octanol–water partition coefficient (Wildman–Crippen LogP) is 2.11. The molecule has 166 valence electrons. The van der Waals surface area contributed by atoms with Crippen molar-refractivity contribution in [3.63, 3.8) is 0 Å². The van der Waals surface area contributed by atoms with Gasteiger partial charge in [-0.1, -0.05) is 13.8 Å². The number of anilines is 1. The molecule has 2 aromatic heterocycles. The minimum Gasteiger partial charge on any atom is -0.366 e. The summed E-state index contributed by atoms with van der Waals surface area (Å²) in [5.74, 6) is -2.19. The van der Waals surface area contributed by atoms with E-state index in [0.29, 0.717) is 12.2 Å².